The lowest BCUT2D eigenvalue weighted by Crippen LogP contribution is -2.17. The van der Waals surface area contributed by atoms with Gasteiger partial charge in [-0.05, 0) is 38.8 Å². The molecule has 0 saturated carbocycles. The fraction of sp³-hybridized carbons (Fsp3) is 0.467. The molecular weight excluding hydrogens is 278 g/mol. The predicted octanol–water partition coefficient (Wildman–Crippen LogP) is 3.40. The first-order chi connectivity index (χ1) is 9.37. The number of amides is 1. The third kappa shape index (κ3) is 3.73. The van der Waals surface area contributed by atoms with Crippen molar-refractivity contribution < 1.29 is 14.3 Å². The molecule has 4 nitrogen and oxygen atoms in total. The molecule has 1 atom stereocenters. The summed E-state index contributed by atoms with van der Waals surface area (Å²) in [5.74, 6) is -0.543. The van der Waals surface area contributed by atoms with Crippen LogP contribution in [0.15, 0.2) is 24.3 Å². The summed E-state index contributed by atoms with van der Waals surface area (Å²) in [6.07, 6.45) is 1.44. The van der Waals surface area contributed by atoms with Crippen molar-refractivity contribution in [3.63, 3.8) is 0 Å². The van der Waals surface area contributed by atoms with Gasteiger partial charge in [-0.25, -0.2) is 0 Å². The smallest absolute Gasteiger partial charge is 0.309 e. The Balaban J connectivity index is 1.85. The quantitative estimate of drug-likeness (QED) is 0.866. The Hall–Kier alpha value is -1.55. The average Bonchev–Trinajstić information content (AvgIpc) is 2.63. The van der Waals surface area contributed by atoms with Crippen molar-refractivity contribution in [1.82, 2.24) is 0 Å². The third-order valence-electron chi connectivity index (χ3n) is 3.32. The van der Waals surface area contributed by atoms with Gasteiger partial charge >= 0.3 is 5.97 Å². The van der Waals surface area contributed by atoms with E-state index in [4.69, 9.17) is 16.3 Å². The SMILES string of the molecule is CC1(C)C[C@@H](CCC(=O)Nc2ccccc2Cl)C(=O)O1. The van der Waals surface area contributed by atoms with Crippen LogP contribution in [0.4, 0.5) is 5.69 Å². The summed E-state index contributed by atoms with van der Waals surface area (Å²) >= 11 is 5.97. The van der Waals surface area contributed by atoms with Gasteiger partial charge in [0.15, 0.2) is 0 Å². The van der Waals surface area contributed by atoms with E-state index in [0.717, 1.165) is 0 Å². The monoisotopic (exact) mass is 295 g/mol. The minimum absolute atomic E-state index is 0.143. The van der Waals surface area contributed by atoms with Crippen LogP contribution < -0.4 is 5.32 Å². The van der Waals surface area contributed by atoms with Crippen molar-refractivity contribution >= 4 is 29.2 Å². The maximum atomic E-state index is 11.9. The Morgan fingerprint density at radius 2 is 2.15 bits per heavy atom. The molecule has 1 aliphatic heterocycles. The van der Waals surface area contributed by atoms with Crippen molar-refractivity contribution in [2.24, 2.45) is 5.92 Å². The van der Waals surface area contributed by atoms with Crippen molar-refractivity contribution in [1.29, 1.82) is 0 Å². The lowest BCUT2D eigenvalue weighted by molar-refractivity contribution is -0.148. The molecule has 2 rings (SSSR count). The van der Waals surface area contributed by atoms with Gasteiger partial charge in [0.2, 0.25) is 5.91 Å². The van der Waals surface area contributed by atoms with E-state index < -0.39 is 5.60 Å². The second-order valence-corrected chi connectivity index (χ2v) is 6.06. The highest BCUT2D eigenvalue weighted by atomic mass is 35.5. The van der Waals surface area contributed by atoms with Gasteiger partial charge in [0.25, 0.3) is 0 Å². The molecule has 0 spiro atoms. The summed E-state index contributed by atoms with van der Waals surface area (Å²) in [5, 5.41) is 3.25. The Morgan fingerprint density at radius 1 is 1.45 bits per heavy atom. The first kappa shape index (κ1) is 14.9. The van der Waals surface area contributed by atoms with Crippen LogP contribution in [0.1, 0.15) is 33.1 Å². The summed E-state index contributed by atoms with van der Waals surface area (Å²) < 4.78 is 5.24. The summed E-state index contributed by atoms with van der Waals surface area (Å²) in [4.78, 5) is 23.5. The molecule has 5 heteroatoms. The highest BCUT2D eigenvalue weighted by molar-refractivity contribution is 6.33. The molecule has 1 aromatic carbocycles. The summed E-state index contributed by atoms with van der Waals surface area (Å²) in [6.45, 7) is 3.77. The molecule has 0 aliphatic carbocycles. The Kier molecular flexibility index (Phi) is 4.33. The summed E-state index contributed by atoms with van der Waals surface area (Å²) in [6, 6.07) is 7.06. The second-order valence-electron chi connectivity index (χ2n) is 5.65. The maximum Gasteiger partial charge on any atom is 0.309 e. The van der Waals surface area contributed by atoms with E-state index in [1.807, 2.05) is 13.8 Å². The van der Waals surface area contributed by atoms with Gasteiger partial charge in [-0.15, -0.1) is 0 Å². The van der Waals surface area contributed by atoms with Gasteiger partial charge in [-0.2, -0.15) is 0 Å². The van der Waals surface area contributed by atoms with Gasteiger partial charge in [0.1, 0.15) is 5.60 Å². The zero-order valence-corrected chi connectivity index (χ0v) is 12.4. The normalized spacial score (nSPS) is 20.6. The van der Waals surface area contributed by atoms with Crippen LogP contribution in [0.25, 0.3) is 0 Å². The van der Waals surface area contributed by atoms with Gasteiger partial charge in [-0.1, -0.05) is 23.7 Å². The van der Waals surface area contributed by atoms with Crippen molar-refractivity contribution in [3.8, 4) is 0 Å². The number of cyclic esters (lactones) is 1. The van der Waals surface area contributed by atoms with Crippen LogP contribution in [0.5, 0.6) is 0 Å². The topological polar surface area (TPSA) is 55.4 Å². The highest BCUT2D eigenvalue weighted by Crippen LogP contribution is 2.33. The first-order valence-corrected chi connectivity index (χ1v) is 7.02. The molecule has 108 valence electrons. The number of halogens is 1. The lowest BCUT2D eigenvalue weighted by Gasteiger charge is -2.14. The van der Waals surface area contributed by atoms with E-state index in [1.54, 1.807) is 24.3 Å². The molecule has 0 radical (unpaired) electrons. The molecule has 1 aromatic rings. The average molecular weight is 296 g/mol. The molecule has 1 aliphatic rings. The zero-order valence-electron chi connectivity index (χ0n) is 11.6. The number of para-hydroxylation sites is 1. The van der Waals surface area contributed by atoms with Gasteiger partial charge in [0.05, 0.1) is 16.6 Å². The van der Waals surface area contributed by atoms with Crippen LogP contribution in [-0.4, -0.2) is 17.5 Å². The third-order valence-corrected chi connectivity index (χ3v) is 3.65. The van der Waals surface area contributed by atoms with E-state index >= 15 is 0 Å². The molecule has 1 saturated heterocycles. The lowest BCUT2D eigenvalue weighted by atomic mass is 9.93. The summed E-state index contributed by atoms with van der Waals surface area (Å²) in [7, 11) is 0. The second kappa shape index (κ2) is 5.83. The van der Waals surface area contributed by atoms with Crippen LogP contribution in [0.2, 0.25) is 5.02 Å². The number of carbonyl (C=O) groups is 2. The van der Waals surface area contributed by atoms with E-state index in [9.17, 15) is 9.59 Å². The largest absolute Gasteiger partial charge is 0.459 e. The zero-order chi connectivity index (χ0) is 14.8. The van der Waals surface area contributed by atoms with Crippen molar-refractivity contribution in [2.75, 3.05) is 5.32 Å². The van der Waals surface area contributed by atoms with Crippen molar-refractivity contribution in [2.45, 2.75) is 38.7 Å². The maximum absolute atomic E-state index is 11.9. The number of hydrogen-bond donors (Lipinski definition) is 1. The minimum Gasteiger partial charge on any atom is -0.459 e. The number of rotatable bonds is 4. The minimum atomic E-state index is -0.416. The Labute approximate surface area is 123 Å². The summed E-state index contributed by atoms with van der Waals surface area (Å²) in [5.41, 5.74) is 0.175. The number of nitrogens with one attached hydrogen (secondary N) is 1. The number of ether oxygens (including phenoxy) is 1. The van der Waals surface area contributed by atoms with E-state index in [1.165, 1.54) is 0 Å². The fourth-order valence-corrected chi connectivity index (χ4v) is 2.56. The Morgan fingerprint density at radius 3 is 2.75 bits per heavy atom. The number of hydrogen-bond acceptors (Lipinski definition) is 3. The molecular formula is C15H18ClNO3. The molecule has 0 aromatic heterocycles. The number of benzene rings is 1. The Bertz CT molecular complexity index is 528. The molecule has 1 fully saturated rings. The number of anilines is 1. The van der Waals surface area contributed by atoms with Gasteiger partial charge in [-0.3, -0.25) is 9.59 Å². The molecule has 0 bridgehead atoms. The van der Waals surface area contributed by atoms with Gasteiger partial charge < -0.3 is 10.1 Å². The first-order valence-electron chi connectivity index (χ1n) is 6.65. The molecule has 1 heterocycles. The number of esters is 1. The van der Waals surface area contributed by atoms with Crippen LogP contribution in [0, 0.1) is 5.92 Å². The van der Waals surface area contributed by atoms with Crippen LogP contribution >= 0.6 is 11.6 Å². The molecule has 20 heavy (non-hydrogen) atoms. The molecule has 1 N–H and O–H groups in total. The van der Waals surface area contributed by atoms with Crippen LogP contribution in [-0.2, 0) is 14.3 Å². The number of carbonyl (C=O) groups excluding carboxylic acids is 2. The van der Waals surface area contributed by atoms with E-state index in [2.05, 4.69) is 5.32 Å². The fourth-order valence-electron chi connectivity index (χ4n) is 2.37. The molecule has 1 amide bonds. The van der Waals surface area contributed by atoms with Gasteiger partial charge in [0, 0.05) is 6.42 Å². The van der Waals surface area contributed by atoms with Crippen molar-refractivity contribution in [3.05, 3.63) is 29.3 Å². The highest BCUT2D eigenvalue weighted by Gasteiger charge is 2.39. The standard InChI is InChI=1S/C15H18ClNO3/c1-15(2)9-10(14(19)20-15)7-8-13(18)17-12-6-4-3-5-11(12)16/h3-6,10H,7-9H2,1-2H3,(H,17,18)/t10-/m1/s1. The molecule has 0 unspecified atom stereocenters. The predicted molar refractivity (Wildman–Crippen MR) is 77.6 cm³/mol. The van der Waals surface area contributed by atoms with E-state index in [-0.39, 0.29) is 24.2 Å². The van der Waals surface area contributed by atoms with E-state index in [0.29, 0.717) is 23.6 Å². The van der Waals surface area contributed by atoms with Crippen LogP contribution in [0.3, 0.4) is 0 Å².